The number of aromatic nitrogens is 2. The molecule has 0 saturated carbocycles. The first kappa shape index (κ1) is 27.7. The molecule has 3 aromatic rings. The summed E-state index contributed by atoms with van der Waals surface area (Å²) in [6.45, 7) is 5.34. The SMILES string of the molecule is COc1nc(NCCc2ccc(Cl)cc2Cl)cc(-c2cccc(C(C)(C)C(=O)OCCN(C)C)c2)n1. The summed E-state index contributed by atoms with van der Waals surface area (Å²) in [5, 5.41) is 4.55. The zero-order valence-corrected chi connectivity index (χ0v) is 22.8. The number of benzene rings is 2. The Balaban J connectivity index is 1.78. The van der Waals surface area contributed by atoms with Gasteiger partial charge in [-0.15, -0.1) is 0 Å². The Morgan fingerprint density at radius 1 is 1.08 bits per heavy atom. The Labute approximate surface area is 222 Å². The van der Waals surface area contributed by atoms with Gasteiger partial charge in [0.25, 0.3) is 0 Å². The molecule has 0 radical (unpaired) electrons. The highest BCUT2D eigenvalue weighted by Gasteiger charge is 2.32. The van der Waals surface area contributed by atoms with E-state index in [1.165, 1.54) is 7.11 Å². The van der Waals surface area contributed by atoms with E-state index in [1.807, 2.05) is 75.3 Å². The van der Waals surface area contributed by atoms with Crippen molar-refractivity contribution in [1.29, 1.82) is 0 Å². The second-order valence-electron chi connectivity index (χ2n) is 9.18. The second kappa shape index (κ2) is 12.4. The molecular formula is C27H32Cl2N4O3. The standard InChI is InChI=1S/C27H32Cl2N4O3/c1-27(2,25(34)36-14-13-33(3)4)20-8-6-7-19(15-20)23-17-24(32-26(31-23)35-5)30-12-11-18-9-10-21(28)16-22(18)29/h6-10,15-17H,11-14H2,1-5H3,(H,30,31,32). The lowest BCUT2D eigenvalue weighted by Gasteiger charge is -2.24. The summed E-state index contributed by atoms with van der Waals surface area (Å²) >= 11 is 12.3. The first-order valence-corrected chi connectivity index (χ1v) is 12.4. The van der Waals surface area contributed by atoms with E-state index < -0.39 is 5.41 Å². The molecule has 1 heterocycles. The molecule has 0 saturated heterocycles. The number of carbonyl (C=O) groups is 1. The molecule has 9 heteroatoms. The number of methoxy groups -OCH3 is 1. The molecule has 192 valence electrons. The van der Waals surface area contributed by atoms with Gasteiger partial charge in [0.15, 0.2) is 0 Å². The molecule has 1 aromatic heterocycles. The van der Waals surface area contributed by atoms with Crippen LogP contribution < -0.4 is 10.1 Å². The summed E-state index contributed by atoms with van der Waals surface area (Å²) in [5.74, 6) is 0.347. The molecule has 0 aliphatic rings. The van der Waals surface area contributed by atoms with Gasteiger partial charge in [-0.05, 0) is 63.7 Å². The summed E-state index contributed by atoms with van der Waals surface area (Å²) in [6, 6.07) is 15.3. The highest BCUT2D eigenvalue weighted by Crippen LogP contribution is 2.30. The fraction of sp³-hybridized carbons (Fsp3) is 0.370. The number of hydrogen-bond donors (Lipinski definition) is 1. The van der Waals surface area contributed by atoms with Gasteiger partial charge < -0.3 is 19.7 Å². The molecule has 0 spiro atoms. The molecule has 0 aliphatic heterocycles. The van der Waals surface area contributed by atoms with Crippen LogP contribution in [0.2, 0.25) is 10.0 Å². The predicted octanol–water partition coefficient (Wildman–Crippen LogP) is 5.50. The Kier molecular flexibility index (Phi) is 9.54. The van der Waals surface area contributed by atoms with Crippen LogP contribution in [-0.2, 0) is 21.4 Å². The van der Waals surface area contributed by atoms with Crippen molar-refractivity contribution in [1.82, 2.24) is 14.9 Å². The third kappa shape index (κ3) is 7.32. The Bertz CT molecular complexity index is 1200. The second-order valence-corrected chi connectivity index (χ2v) is 10.0. The number of anilines is 1. The summed E-state index contributed by atoms with van der Waals surface area (Å²) in [5.41, 5.74) is 2.51. The summed E-state index contributed by atoms with van der Waals surface area (Å²) < 4.78 is 10.9. The fourth-order valence-corrected chi connectivity index (χ4v) is 3.99. The van der Waals surface area contributed by atoms with Crippen LogP contribution in [0.5, 0.6) is 6.01 Å². The van der Waals surface area contributed by atoms with E-state index in [9.17, 15) is 4.79 Å². The summed E-state index contributed by atoms with van der Waals surface area (Å²) in [6.07, 6.45) is 0.692. The number of nitrogens with one attached hydrogen (secondary N) is 1. The van der Waals surface area contributed by atoms with Gasteiger partial charge in [-0.3, -0.25) is 4.79 Å². The average molecular weight is 531 g/mol. The molecule has 1 N–H and O–H groups in total. The minimum absolute atomic E-state index is 0.243. The van der Waals surface area contributed by atoms with Gasteiger partial charge in [0.05, 0.1) is 18.2 Å². The van der Waals surface area contributed by atoms with Crippen molar-refractivity contribution in [2.75, 3.05) is 46.2 Å². The topological polar surface area (TPSA) is 76.6 Å². The molecule has 0 amide bonds. The van der Waals surface area contributed by atoms with Crippen LogP contribution in [0.3, 0.4) is 0 Å². The lowest BCUT2D eigenvalue weighted by molar-refractivity contribution is -0.149. The van der Waals surface area contributed by atoms with Crippen LogP contribution in [0.15, 0.2) is 48.5 Å². The van der Waals surface area contributed by atoms with Crippen LogP contribution in [0.4, 0.5) is 5.82 Å². The molecule has 3 rings (SSSR count). The maximum absolute atomic E-state index is 12.8. The van der Waals surface area contributed by atoms with Crippen molar-refractivity contribution in [2.45, 2.75) is 25.7 Å². The van der Waals surface area contributed by atoms with Gasteiger partial charge in [-0.25, -0.2) is 0 Å². The van der Waals surface area contributed by atoms with E-state index in [2.05, 4.69) is 15.3 Å². The first-order valence-electron chi connectivity index (χ1n) is 11.6. The van der Waals surface area contributed by atoms with E-state index in [0.29, 0.717) is 47.7 Å². The lowest BCUT2D eigenvalue weighted by Crippen LogP contribution is -2.33. The normalized spacial score (nSPS) is 11.4. The highest BCUT2D eigenvalue weighted by molar-refractivity contribution is 6.35. The van der Waals surface area contributed by atoms with Gasteiger partial charge in [-0.2, -0.15) is 9.97 Å². The number of likely N-dealkylation sites (N-methyl/N-ethyl adjacent to an activating group) is 1. The Morgan fingerprint density at radius 2 is 1.86 bits per heavy atom. The van der Waals surface area contributed by atoms with E-state index >= 15 is 0 Å². The van der Waals surface area contributed by atoms with Gasteiger partial charge >= 0.3 is 12.0 Å². The average Bonchev–Trinajstić information content (AvgIpc) is 2.85. The van der Waals surface area contributed by atoms with Crippen molar-refractivity contribution >= 4 is 35.0 Å². The molecule has 0 unspecified atom stereocenters. The highest BCUT2D eigenvalue weighted by atomic mass is 35.5. The van der Waals surface area contributed by atoms with Crippen molar-refractivity contribution in [3.8, 4) is 17.3 Å². The number of carbonyl (C=O) groups excluding carboxylic acids is 1. The largest absolute Gasteiger partial charge is 0.467 e. The van der Waals surface area contributed by atoms with Gasteiger partial charge in [-0.1, -0.05) is 47.5 Å². The molecule has 2 aromatic carbocycles. The molecule has 0 aliphatic carbocycles. The molecule has 0 atom stereocenters. The predicted molar refractivity (Wildman–Crippen MR) is 145 cm³/mol. The van der Waals surface area contributed by atoms with Crippen LogP contribution >= 0.6 is 23.2 Å². The van der Waals surface area contributed by atoms with Crippen molar-refractivity contribution in [3.63, 3.8) is 0 Å². The van der Waals surface area contributed by atoms with E-state index in [-0.39, 0.29) is 12.0 Å². The maximum atomic E-state index is 12.8. The number of esters is 1. The maximum Gasteiger partial charge on any atom is 0.318 e. The minimum Gasteiger partial charge on any atom is -0.467 e. The zero-order valence-electron chi connectivity index (χ0n) is 21.3. The van der Waals surface area contributed by atoms with Crippen molar-refractivity contribution in [2.24, 2.45) is 0 Å². The lowest BCUT2D eigenvalue weighted by atomic mass is 9.83. The van der Waals surface area contributed by atoms with E-state index in [4.69, 9.17) is 32.7 Å². The Morgan fingerprint density at radius 3 is 2.56 bits per heavy atom. The molecular weight excluding hydrogens is 499 g/mol. The number of rotatable bonds is 11. The molecule has 7 nitrogen and oxygen atoms in total. The molecule has 0 fully saturated rings. The number of ether oxygens (including phenoxy) is 2. The monoisotopic (exact) mass is 530 g/mol. The van der Waals surface area contributed by atoms with Crippen LogP contribution in [0.25, 0.3) is 11.3 Å². The summed E-state index contributed by atoms with van der Waals surface area (Å²) in [4.78, 5) is 23.7. The van der Waals surface area contributed by atoms with Gasteiger partial charge in [0.2, 0.25) is 0 Å². The zero-order chi connectivity index (χ0) is 26.3. The van der Waals surface area contributed by atoms with E-state index in [0.717, 1.165) is 16.7 Å². The van der Waals surface area contributed by atoms with Crippen LogP contribution in [-0.4, -0.2) is 61.7 Å². The number of halogens is 2. The number of hydrogen-bond acceptors (Lipinski definition) is 7. The third-order valence-electron chi connectivity index (χ3n) is 5.77. The third-order valence-corrected chi connectivity index (χ3v) is 6.35. The molecule has 36 heavy (non-hydrogen) atoms. The number of nitrogens with zero attached hydrogens (tertiary/aromatic N) is 3. The van der Waals surface area contributed by atoms with E-state index in [1.54, 1.807) is 6.07 Å². The van der Waals surface area contributed by atoms with Crippen LogP contribution in [0.1, 0.15) is 25.0 Å². The van der Waals surface area contributed by atoms with Crippen molar-refractivity contribution < 1.29 is 14.3 Å². The first-order chi connectivity index (χ1) is 17.1. The Hall–Kier alpha value is -2.87. The summed E-state index contributed by atoms with van der Waals surface area (Å²) in [7, 11) is 5.41. The van der Waals surface area contributed by atoms with Crippen LogP contribution in [0, 0.1) is 0 Å². The quantitative estimate of drug-likeness (QED) is 0.328. The minimum atomic E-state index is -0.821. The van der Waals surface area contributed by atoms with Crippen molar-refractivity contribution in [3.05, 3.63) is 69.7 Å². The molecule has 0 bridgehead atoms. The fourth-order valence-electron chi connectivity index (χ4n) is 3.49. The smallest absolute Gasteiger partial charge is 0.318 e. The van der Waals surface area contributed by atoms with Gasteiger partial charge in [0, 0.05) is 34.8 Å². The van der Waals surface area contributed by atoms with Gasteiger partial charge in [0.1, 0.15) is 12.4 Å².